The number of allylic oxidation sites excluding steroid dienone is 1. The van der Waals surface area contributed by atoms with Gasteiger partial charge in [0.25, 0.3) is 0 Å². The van der Waals surface area contributed by atoms with Crippen LogP contribution in [-0.4, -0.2) is 23.2 Å². The second-order valence-electron chi connectivity index (χ2n) is 10.2. The van der Waals surface area contributed by atoms with Crippen LogP contribution in [-0.2, 0) is 6.18 Å². The summed E-state index contributed by atoms with van der Waals surface area (Å²) in [4.78, 5) is 6.66. The van der Waals surface area contributed by atoms with E-state index < -0.39 is 11.7 Å². The molecule has 4 nitrogen and oxygen atoms in total. The second-order valence-corrected chi connectivity index (χ2v) is 11.3. The lowest BCUT2D eigenvalue weighted by Gasteiger charge is -2.54. The molecular weight excluding hydrogens is 490 g/mol. The lowest BCUT2D eigenvalue weighted by Crippen LogP contribution is -2.58. The summed E-state index contributed by atoms with van der Waals surface area (Å²) in [5.41, 5.74) is 2.57. The van der Waals surface area contributed by atoms with Crippen molar-refractivity contribution >= 4 is 32.3 Å². The monoisotopic (exact) mass is 511 g/mol. The summed E-state index contributed by atoms with van der Waals surface area (Å²) in [6.45, 7) is 3.36. The molecule has 0 atom stereocenters. The van der Waals surface area contributed by atoms with Crippen molar-refractivity contribution in [2.45, 2.75) is 38.3 Å². The molecule has 0 radical (unpaired) electrons. The molecule has 2 aliphatic carbocycles. The lowest BCUT2D eigenvalue weighted by atomic mass is 9.64. The predicted octanol–water partition coefficient (Wildman–Crippen LogP) is 7.59. The van der Waals surface area contributed by atoms with Gasteiger partial charge in [0.1, 0.15) is 17.0 Å². The van der Waals surface area contributed by atoms with Crippen molar-refractivity contribution < 1.29 is 22.1 Å². The molecule has 9 heteroatoms. The predicted molar refractivity (Wildman–Crippen MR) is 130 cm³/mol. The highest BCUT2D eigenvalue weighted by Crippen LogP contribution is 2.56. The second kappa shape index (κ2) is 7.41. The minimum Gasteiger partial charge on any atom is -0.360 e. The van der Waals surface area contributed by atoms with Crippen LogP contribution >= 0.6 is 11.3 Å². The Kier molecular flexibility index (Phi) is 4.54. The summed E-state index contributed by atoms with van der Waals surface area (Å²) in [6, 6.07) is 8.99. The van der Waals surface area contributed by atoms with Gasteiger partial charge in [0.2, 0.25) is 0 Å². The van der Waals surface area contributed by atoms with E-state index in [1.807, 2.05) is 13.0 Å². The fraction of sp³-hybridized carbons (Fsp3) is 0.333. The summed E-state index contributed by atoms with van der Waals surface area (Å²) in [5.74, 6) is 0.618. The number of benzene rings is 2. The maximum atomic E-state index is 14.3. The van der Waals surface area contributed by atoms with Crippen molar-refractivity contribution in [1.29, 1.82) is 0 Å². The van der Waals surface area contributed by atoms with Crippen LogP contribution in [0, 0.1) is 18.2 Å². The van der Waals surface area contributed by atoms with Crippen molar-refractivity contribution in [3.8, 4) is 11.3 Å². The molecule has 36 heavy (non-hydrogen) atoms. The average molecular weight is 512 g/mol. The quantitative estimate of drug-likeness (QED) is 0.265. The van der Waals surface area contributed by atoms with Gasteiger partial charge in [0.05, 0.1) is 10.3 Å². The summed E-state index contributed by atoms with van der Waals surface area (Å²) in [6.07, 6.45) is 0.347. The molecule has 1 saturated heterocycles. The molecule has 0 unspecified atom stereocenters. The van der Waals surface area contributed by atoms with Crippen molar-refractivity contribution in [2.24, 2.45) is 5.41 Å². The molecule has 2 fully saturated rings. The van der Waals surface area contributed by atoms with Crippen LogP contribution < -0.4 is 4.90 Å². The highest BCUT2D eigenvalue weighted by atomic mass is 32.1. The van der Waals surface area contributed by atoms with Crippen LogP contribution in [0.25, 0.3) is 27.0 Å². The Morgan fingerprint density at radius 3 is 2.61 bits per heavy atom. The molecule has 3 aliphatic rings. The Morgan fingerprint density at radius 2 is 1.89 bits per heavy atom. The van der Waals surface area contributed by atoms with Gasteiger partial charge in [0.15, 0.2) is 10.9 Å². The molecule has 3 heterocycles. The first-order chi connectivity index (χ1) is 17.2. The van der Waals surface area contributed by atoms with E-state index in [0.29, 0.717) is 11.3 Å². The van der Waals surface area contributed by atoms with E-state index in [9.17, 15) is 17.6 Å². The number of hydrogen-bond donors (Lipinski definition) is 0. The number of alkyl halides is 3. The van der Waals surface area contributed by atoms with Crippen LogP contribution in [0.5, 0.6) is 0 Å². The van der Waals surface area contributed by atoms with Crippen LogP contribution in [0.2, 0.25) is 0 Å². The summed E-state index contributed by atoms with van der Waals surface area (Å²) in [5, 5.41) is 4.95. The fourth-order valence-electron chi connectivity index (χ4n) is 5.53. The van der Waals surface area contributed by atoms with E-state index in [4.69, 9.17) is 4.52 Å². The zero-order chi connectivity index (χ0) is 24.8. The Balaban J connectivity index is 1.20. The van der Waals surface area contributed by atoms with Gasteiger partial charge in [-0.15, -0.1) is 0 Å². The molecule has 2 aromatic heterocycles. The number of aryl methyl sites for hydroxylation is 1. The van der Waals surface area contributed by atoms with Crippen LogP contribution in [0.1, 0.15) is 47.6 Å². The minimum atomic E-state index is -4.48. The van der Waals surface area contributed by atoms with Crippen molar-refractivity contribution in [3.63, 3.8) is 0 Å². The van der Waals surface area contributed by atoms with Crippen molar-refractivity contribution in [1.82, 2.24) is 10.1 Å². The van der Waals surface area contributed by atoms with Crippen molar-refractivity contribution in [3.05, 3.63) is 70.7 Å². The fourth-order valence-corrected chi connectivity index (χ4v) is 6.61. The molecule has 1 aliphatic heterocycles. The first-order valence-corrected chi connectivity index (χ1v) is 12.7. The van der Waals surface area contributed by atoms with E-state index in [-0.39, 0.29) is 28.4 Å². The van der Waals surface area contributed by atoms with Crippen LogP contribution in [0.3, 0.4) is 0 Å². The summed E-state index contributed by atoms with van der Waals surface area (Å²) < 4.78 is 62.0. The molecule has 1 saturated carbocycles. The highest BCUT2D eigenvalue weighted by molar-refractivity contribution is 7.22. The van der Waals surface area contributed by atoms with Gasteiger partial charge in [-0.25, -0.2) is 9.37 Å². The lowest BCUT2D eigenvalue weighted by molar-refractivity contribution is -0.137. The van der Waals surface area contributed by atoms with Gasteiger partial charge in [-0.1, -0.05) is 40.8 Å². The molecule has 7 rings (SSSR count). The Hall–Kier alpha value is -3.20. The van der Waals surface area contributed by atoms with Crippen LogP contribution in [0.15, 0.2) is 47.0 Å². The standard InChI is InChI=1S/C27H21F4N3OS/c1-14-8-19(28)23-20(9-14)36-25(32-23)34-12-26(13-34)10-16(11-26)21-22(33-35-24(21)15-6-7-15)17-4-2-3-5-18(17)27(29,30)31/h2-5,8-10,15H,6-7,11-13H2,1H3. The zero-order valence-corrected chi connectivity index (χ0v) is 20.1. The van der Waals surface area contributed by atoms with E-state index in [1.54, 1.807) is 6.07 Å². The third-order valence-corrected chi connectivity index (χ3v) is 8.42. The van der Waals surface area contributed by atoms with Crippen molar-refractivity contribution in [2.75, 3.05) is 18.0 Å². The third-order valence-electron chi connectivity index (χ3n) is 7.36. The summed E-state index contributed by atoms with van der Waals surface area (Å²) >= 11 is 1.48. The maximum Gasteiger partial charge on any atom is 0.417 e. The number of aromatic nitrogens is 2. The zero-order valence-electron chi connectivity index (χ0n) is 19.3. The molecule has 1 spiro atoms. The number of halogens is 4. The number of fused-ring (bicyclic) bond motifs is 1. The van der Waals surface area contributed by atoms with Gasteiger partial charge >= 0.3 is 6.18 Å². The van der Waals surface area contributed by atoms with Gasteiger partial charge in [0, 0.05) is 35.5 Å². The molecule has 184 valence electrons. The largest absolute Gasteiger partial charge is 0.417 e. The Morgan fingerprint density at radius 1 is 1.14 bits per heavy atom. The molecule has 0 bridgehead atoms. The van der Waals surface area contributed by atoms with E-state index >= 15 is 0 Å². The molecular formula is C27H21F4N3OS. The average Bonchev–Trinajstić information content (AvgIpc) is 3.38. The van der Waals surface area contributed by atoms with E-state index in [1.165, 1.54) is 29.5 Å². The topological polar surface area (TPSA) is 42.2 Å². The summed E-state index contributed by atoms with van der Waals surface area (Å²) in [7, 11) is 0. The smallest absolute Gasteiger partial charge is 0.360 e. The normalized spacial score (nSPS) is 18.9. The maximum absolute atomic E-state index is 14.3. The van der Waals surface area contributed by atoms with Crippen LogP contribution in [0.4, 0.5) is 22.7 Å². The van der Waals surface area contributed by atoms with Gasteiger partial charge < -0.3 is 9.42 Å². The van der Waals surface area contributed by atoms with Gasteiger partial charge in [-0.2, -0.15) is 13.2 Å². The minimum absolute atomic E-state index is 0.0550. The number of anilines is 1. The number of nitrogens with zero attached hydrogens (tertiary/aromatic N) is 3. The number of thiazole rings is 1. The third kappa shape index (κ3) is 3.39. The van der Waals surface area contributed by atoms with Gasteiger partial charge in [-0.3, -0.25) is 0 Å². The molecule has 2 aromatic carbocycles. The molecule has 4 aromatic rings. The number of hydrogen-bond acceptors (Lipinski definition) is 5. The van der Waals surface area contributed by atoms with E-state index in [0.717, 1.165) is 64.9 Å². The number of rotatable bonds is 4. The molecule has 0 amide bonds. The Bertz CT molecular complexity index is 1560. The highest BCUT2D eigenvalue weighted by Gasteiger charge is 2.50. The van der Waals surface area contributed by atoms with E-state index in [2.05, 4.69) is 21.1 Å². The van der Waals surface area contributed by atoms with Gasteiger partial charge in [-0.05, 0) is 55.5 Å². The Labute approximate surface area is 208 Å². The first kappa shape index (κ1) is 22.0. The first-order valence-electron chi connectivity index (χ1n) is 11.9. The molecule has 0 N–H and O–H groups in total. The SMILES string of the molecule is Cc1cc(F)c2nc(N3CC4(C=C(c5c(-c6ccccc6C(F)(F)F)noc5C5CC5)C4)C3)sc2c1.